The summed E-state index contributed by atoms with van der Waals surface area (Å²) in [6, 6.07) is 16.2. The van der Waals surface area contributed by atoms with Gasteiger partial charge in [-0.25, -0.2) is 0 Å². The first-order valence-electron chi connectivity index (χ1n) is 6.98. The van der Waals surface area contributed by atoms with Crippen LogP contribution in [-0.4, -0.2) is 26.9 Å². The maximum Gasteiger partial charge on any atom is 0.119 e. The summed E-state index contributed by atoms with van der Waals surface area (Å²) >= 11 is 3.51. The molecule has 0 atom stereocenters. The van der Waals surface area contributed by atoms with Crippen LogP contribution in [0.5, 0.6) is 5.75 Å². The molecule has 0 aliphatic rings. The van der Waals surface area contributed by atoms with E-state index in [9.17, 15) is 0 Å². The monoisotopic (exact) mass is 349 g/mol. The van der Waals surface area contributed by atoms with Crippen LogP contribution in [0.3, 0.4) is 0 Å². The Hall–Kier alpha value is -1.52. The molecule has 0 aromatic heterocycles. The summed E-state index contributed by atoms with van der Waals surface area (Å²) < 4.78 is 11.8. The number of rotatable bonds is 8. The highest BCUT2D eigenvalue weighted by Crippen LogP contribution is 2.20. The minimum absolute atomic E-state index is 0.624. The maximum atomic E-state index is 5.72. The fraction of sp³-hybridized carbons (Fsp3) is 0.294. The fourth-order valence-electron chi connectivity index (χ4n) is 1.93. The third-order valence-corrected chi connectivity index (χ3v) is 3.77. The molecule has 0 unspecified atom stereocenters. The van der Waals surface area contributed by atoms with Crippen LogP contribution in [0.25, 0.3) is 0 Å². The first kappa shape index (κ1) is 15.9. The van der Waals surface area contributed by atoms with Gasteiger partial charge in [-0.15, -0.1) is 0 Å². The summed E-state index contributed by atoms with van der Waals surface area (Å²) in [4.78, 5) is 0. The SMILES string of the molecule is COCCc1ccc(OCCNc2ccccc2Br)cc1. The molecule has 0 saturated carbocycles. The highest BCUT2D eigenvalue weighted by atomic mass is 79.9. The Bertz CT molecular complexity index is 543. The second kappa shape index (κ2) is 8.70. The number of methoxy groups -OCH3 is 1. The molecular formula is C17H20BrNO2. The average molecular weight is 350 g/mol. The lowest BCUT2D eigenvalue weighted by molar-refractivity contribution is 0.202. The first-order valence-corrected chi connectivity index (χ1v) is 7.78. The Balaban J connectivity index is 1.72. The predicted octanol–water partition coefficient (Wildman–Crippen LogP) is 4.13. The van der Waals surface area contributed by atoms with Gasteiger partial charge >= 0.3 is 0 Å². The van der Waals surface area contributed by atoms with E-state index in [1.54, 1.807) is 7.11 Å². The van der Waals surface area contributed by atoms with Crippen molar-refractivity contribution >= 4 is 21.6 Å². The van der Waals surface area contributed by atoms with Crippen molar-refractivity contribution in [3.05, 3.63) is 58.6 Å². The van der Waals surface area contributed by atoms with Gasteiger partial charge in [-0.3, -0.25) is 0 Å². The smallest absolute Gasteiger partial charge is 0.119 e. The van der Waals surface area contributed by atoms with Crippen molar-refractivity contribution < 1.29 is 9.47 Å². The molecule has 2 aromatic carbocycles. The second-order valence-electron chi connectivity index (χ2n) is 4.64. The highest BCUT2D eigenvalue weighted by Gasteiger charge is 1.98. The van der Waals surface area contributed by atoms with Crippen molar-refractivity contribution in [3.63, 3.8) is 0 Å². The Morgan fingerprint density at radius 1 is 1.00 bits per heavy atom. The Kier molecular flexibility index (Phi) is 6.57. The lowest BCUT2D eigenvalue weighted by Gasteiger charge is -2.10. The standard InChI is InChI=1S/C17H20BrNO2/c1-20-12-10-14-6-8-15(9-7-14)21-13-11-19-17-5-3-2-4-16(17)18/h2-9,19H,10-13H2,1H3. The van der Waals surface area contributed by atoms with E-state index < -0.39 is 0 Å². The number of ether oxygens (including phenoxy) is 2. The molecule has 4 heteroatoms. The van der Waals surface area contributed by atoms with Gasteiger partial charge in [-0.1, -0.05) is 24.3 Å². The van der Waals surface area contributed by atoms with Gasteiger partial charge in [0.1, 0.15) is 12.4 Å². The molecule has 0 aliphatic heterocycles. The summed E-state index contributed by atoms with van der Waals surface area (Å²) in [6.45, 7) is 2.13. The summed E-state index contributed by atoms with van der Waals surface area (Å²) in [7, 11) is 1.72. The van der Waals surface area contributed by atoms with Gasteiger partial charge in [0.2, 0.25) is 0 Å². The maximum absolute atomic E-state index is 5.72. The zero-order valence-corrected chi connectivity index (χ0v) is 13.7. The average Bonchev–Trinajstić information content (AvgIpc) is 2.52. The molecule has 0 aliphatic carbocycles. The predicted molar refractivity (Wildman–Crippen MR) is 90.1 cm³/mol. The number of para-hydroxylation sites is 1. The number of hydrogen-bond acceptors (Lipinski definition) is 3. The molecule has 0 saturated heterocycles. The van der Waals surface area contributed by atoms with Gasteiger partial charge in [-0.05, 0) is 52.2 Å². The van der Waals surface area contributed by atoms with Crippen molar-refractivity contribution in [2.75, 3.05) is 32.2 Å². The third-order valence-electron chi connectivity index (χ3n) is 3.08. The normalized spacial score (nSPS) is 10.4. The summed E-state index contributed by atoms with van der Waals surface area (Å²) in [5, 5.41) is 3.33. The van der Waals surface area contributed by atoms with Crippen LogP contribution in [0.2, 0.25) is 0 Å². The topological polar surface area (TPSA) is 30.5 Å². The van der Waals surface area contributed by atoms with E-state index in [1.165, 1.54) is 5.56 Å². The van der Waals surface area contributed by atoms with Gasteiger partial charge in [0.25, 0.3) is 0 Å². The number of hydrogen-bond donors (Lipinski definition) is 1. The molecule has 2 rings (SSSR count). The van der Waals surface area contributed by atoms with Gasteiger partial charge < -0.3 is 14.8 Å². The van der Waals surface area contributed by atoms with Gasteiger partial charge in [0, 0.05) is 23.8 Å². The van der Waals surface area contributed by atoms with Crippen LogP contribution in [0.15, 0.2) is 53.0 Å². The van der Waals surface area contributed by atoms with Crippen LogP contribution in [0.1, 0.15) is 5.56 Å². The van der Waals surface area contributed by atoms with E-state index in [1.807, 2.05) is 36.4 Å². The largest absolute Gasteiger partial charge is 0.492 e. The lowest BCUT2D eigenvalue weighted by atomic mass is 10.1. The number of nitrogens with one attached hydrogen (secondary N) is 1. The minimum Gasteiger partial charge on any atom is -0.492 e. The van der Waals surface area contributed by atoms with Crippen LogP contribution < -0.4 is 10.1 Å². The quantitative estimate of drug-likeness (QED) is 0.727. The Morgan fingerprint density at radius 3 is 2.48 bits per heavy atom. The van der Waals surface area contributed by atoms with E-state index in [-0.39, 0.29) is 0 Å². The minimum atomic E-state index is 0.624. The lowest BCUT2D eigenvalue weighted by Crippen LogP contribution is -2.11. The molecule has 2 aromatic rings. The Morgan fingerprint density at radius 2 is 1.76 bits per heavy atom. The van der Waals surface area contributed by atoms with Crippen molar-refractivity contribution in [2.45, 2.75) is 6.42 Å². The van der Waals surface area contributed by atoms with Crippen LogP contribution in [-0.2, 0) is 11.2 Å². The molecule has 1 N–H and O–H groups in total. The van der Waals surface area contributed by atoms with E-state index in [0.29, 0.717) is 6.61 Å². The zero-order chi connectivity index (χ0) is 14.9. The summed E-state index contributed by atoms with van der Waals surface area (Å²) in [6.07, 6.45) is 0.931. The van der Waals surface area contributed by atoms with E-state index in [2.05, 4.69) is 33.4 Å². The van der Waals surface area contributed by atoms with E-state index >= 15 is 0 Å². The molecule has 0 fully saturated rings. The summed E-state index contributed by atoms with van der Waals surface area (Å²) in [5.41, 5.74) is 2.34. The zero-order valence-electron chi connectivity index (χ0n) is 12.1. The van der Waals surface area contributed by atoms with Crippen molar-refractivity contribution in [2.24, 2.45) is 0 Å². The molecule has 0 spiro atoms. The molecule has 0 radical (unpaired) electrons. The molecular weight excluding hydrogens is 330 g/mol. The van der Waals surface area contributed by atoms with Gasteiger partial charge in [0.15, 0.2) is 0 Å². The number of anilines is 1. The molecule has 0 heterocycles. The highest BCUT2D eigenvalue weighted by molar-refractivity contribution is 9.10. The summed E-state index contributed by atoms with van der Waals surface area (Å²) in [5.74, 6) is 0.894. The van der Waals surface area contributed by atoms with Crippen LogP contribution >= 0.6 is 15.9 Å². The van der Waals surface area contributed by atoms with Gasteiger partial charge in [0.05, 0.1) is 6.61 Å². The first-order chi connectivity index (χ1) is 10.3. The number of halogens is 1. The molecule has 0 amide bonds. The van der Waals surface area contributed by atoms with E-state index in [0.717, 1.165) is 35.5 Å². The molecule has 21 heavy (non-hydrogen) atoms. The Labute approximate surface area is 134 Å². The van der Waals surface area contributed by atoms with Crippen LogP contribution in [0.4, 0.5) is 5.69 Å². The fourth-order valence-corrected chi connectivity index (χ4v) is 2.36. The van der Waals surface area contributed by atoms with Crippen molar-refractivity contribution in [1.82, 2.24) is 0 Å². The third kappa shape index (κ3) is 5.40. The van der Waals surface area contributed by atoms with E-state index in [4.69, 9.17) is 9.47 Å². The van der Waals surface area contributed by atoms with Crippen molar-refractivity contribution in [1.29, 1.82) is 0 Å². The molecule has 112 valence electrons. The molecule has 0 bridgehead atoms. The number of benzene rings is 2. The van der Waals surface area contributed by atoms with Crippen LogP contribution in [0, 0.1) is 0 Å². The van der Waals surface area contributed by atoms with Gasteiger partial charge in [-0.2, -0.15) is 0 Å². The molecule has 3 nitrogen and oxygen atoms in total. The second-order valence-corrected chi connectivity index (χ2v) is 5.50. The van der Waals surface area contributed by atoms with Crippen molar-refractivity contribution in [3.8, 4) is 5.75 Å².